The lowest BCUT2D eigenvalue weighted by Crippen LogP contribution is -3.00. The predicted octanol–water partition coefficient (Wildman–Crippen LogP) is -2.92. The van der Waals surface area contributed by atoms with Gasteiger partial charge in [-0.05, 0) is 11.6 Å². The van der Waals surface area contributed by atoms with Gasteiger partial charge in [-0.3, -0.25) is 0 Å². The lowest BCUT2D eigenvalue weighted by molar-refractivity contribution is -0.407. The number of ether oxygens (including phenoxy) is 1. The van der Waals surface area contributed by atoms with Crippen molar-refractivity contribution in [1.82, 2.24) is 0 Å². The van der Waals surface area contributed by atoms with Crippen molar-refractivity contribution in [3.8, 4) is 5.75 Å². The van der Waals surface area contributed by atoms with Crippen LogP contribution in [0.4, 0.5) is 4.39 Å². The molecule has 4 N–H and O–H groups in total. The van der Waals surface area contributed by atoms with Crippen molar-refractivity contribution >= 4 is 5.97 Å². The molecule has 0 fully saturated rings. The Balaban J connectivity index is 0.00000225. The highest BCUT2D eigenvalue weighted by molar-refractivity contribution is 5.72. The highest BCUT2D eigenvalue weighted by atomic mass is 35.5. The monoisotopic (exact) mass is 249 g/mol. The van der Waals surface area contributed by atoms with Crippen LogP contribution in [0.25, 0.3) is 0 Å². The molecule has 1 unspecified atom stereocenters. The first kappa shape index (κ1) is 14.7. The van der Waals surface area contributed by atoms with Crippen LogP contribution < -0.4 is 22.9 Å². The number of rotatable bonds is 4. The topological polar surface area (TPSA) is 74.2 Å². The van der Waals surface area contributed by atoms with Crippen molar-refractivity contribution in [3.63, 3.8) is 0 Å². The van der Waals surface area contributed by atoms with E-state index in [2.05, 4.69) is 5.73 Å². The third kappa shape index (κ3) is 3.36. The quantitative estimate of drug-likeness (QED) is 0.600. The highest BCUT2D eigenvalue weighted by Crippen LogP contribution is 2.20. The minimum absolute atomic E-state index is 0. The molecule has 4 nitrogen and oxygen atoms in total. The SMILES string of the molecule is COc1cccc(CC([NH3+])C(=O)O)c1F.[Cl-]. The number of carbonyl (C=O) groups is 1. The summed E-state index contributed by atoms with van der Waals surface area (Å²) >= 11 is 0. The van der Waals surface area contributed by atoms with E-state index in [-0.39, 0.29) is 24.6 Å². The molecule has 0 heterocycles. The van der Waals surface area contributed by atoms with Gasteiger partial charge in [0, 0.05) is 6.42 Å². The van der Waals surface area contributed by atoms with Crippen LogP contribution in [0.3, 0.4) is 0 Å². The van der Waals surface area contributed by atoms with Gasteiger partial charge in [-0.25, -0.2) is 9.18 Å². The summed E-state index contributed by atoms with van der Waals surface area (Å²) in [6.07, 6.45) is 0.0539. The summed E-state index contributed by atoms with van der Waals surface area (Å²) in [4.78, 5) is 10.6. The van der Waals surface area contributed by atoms with Gasteiger partial charge in [0.15, 0.2) is 17.6 Å². The third-order valence-corrected chi connectivity index (χ3v) is 2.08. The smallest absolute Gasteiger partial charge is 0.362 e. The molecule has 0 amide bonds. The van der Waals surface area contributed by atoms with E-state index in [0.717, 1.165) is 0 Å². The molecule has 0 aromatic heterocycles. The first-order valence-corrected chi connectivity index (χ1v) is 4.43. The lowest BCUT2D eigenvalue weighted by Gasteiger charge is -2.07. The molecule has 6 heteroatoms. The summed E-state index contributed by atoms with van der Waals surface area (Å²) in [5.41, 5.74) is 3.72. The molecule has 0 aliphatic carbocycles. The predicted molar refractivity (Wildman–Crippen MR) is 51.0 cm³/mol. The van der Waals surface area contributed by atoms with E-state index >= 15 is 0 Å². The largest absolute Gasteiger partial charge is 1.00 e. The number of halogens is 2. The first-order valence-electron chi connectivity index (χ1n) is 4.43. The normalized spacial score (nSPS) is 11.4. The molecular weight excluding hydrogens is 237 g/mol. The molecule has 90 valence electrons. The fourth-order valence-corrected chi connectivity index (χ4v) is 1.22. The van der Waals surface area contributed by atoms with Crippen LogP contribution in [-0.2, 0) is 11.2 Å². The summed E-state index contributed by atoms with van der Waals surface area (Å²) in [5, 5.41) is 8.64. The van der Waals surface area contributed by atoms with E-state index in [9.17, 15) is 9.18 Å². The molecule has 0 spiro atoms. The summed E-state index contributed by atoms with van der Waals surface area (Å²) in [6, 6.07) is 3.77. The molecule has 1 atom stereocenters. The molecule has 1 rings (SSSR count). The molecule has 0 radical (unpaired) electrons. The molecule has 1 aromatic carbocycles. The number of hydrogen-bond acceptors (Lipinski definition) is 2. The van der Waals surface area contributed by atoms with E-state index in [4.69, 9.17) is 9.84 Å². The van der Waals surface area contributed by atoms with Crippen LogP contribution in [0.1, 0.15) is 5.56 Å². The first-order chi connectivity index (χ1) is 7.06. The Morgan fingerprint density at radius 3 is 2.75 bits per heavy atom. The second-order valence-electron chi connectivity index (χ2n) is 3.17. The van der Waals surface area contributed by atoms with Crippen LogP contribution in [0.15, 0.2) is 18.2 Å². The maximum Gasteiger partial charge on any atom is 0.362 e. The summed E-state index contributed by atoms with van der Waals surface area (Å²) in [7, 11) is 1.36. The second kappa shape index (κ2) is 6.30. The standard InChI is InChI=1S/C10H12FNO3.ClH/c1-15-8-4-2-3-6(9(8)11)5-7(12)10(13)14;/h2-4,7H,5,12H2,1H3,(H,13,14);1H. The number of benzene rings is 1. The third-order valence-electron chi connectivity index (χ3n) is 2.08. The number of aliphatic carboxylic acids is 1. The highest BCUT2D eigenvalue weighted by Gasteiger charge is 2.19. The Kier molecular flexibility index (Phi) is 5.77. The number of methoxy groups -OCH3 is 1. The fourth-order valence-electron chi connectivity index (χ4n) is 1.22. The van der Waals surface area contributed by atoms with Gasteiger partial charge >= 0.3 is 5.97 Å². The average molecular weight is 250 g/mol. The maximum absolute atomic E-state index is 13.6. The molecule has 16 heavy (non-hydrogen) atoms. The number of carboxylic acid groups (broad SMARTS) is 1. The summed E-state index contributed by atoms with van der Waals surface area (Å²) in [5.74, 6) is -1.45. The van der Waals surface area contributed by atoms with Crippen LogP contribution in [-0.4, -0.2) is 24.2 Å². The van der Waals surface area contributed by atoms with Gasteiger partial charge in [-0.2, -0.15) is 0 Å². The molecule has 0 saturated heterocycles. The minimum Gasteiger partial charge on any atom is -1.00 e. The average Bonchev–Trinajstić information content (AvgIpc) is 2.21. The van der Waals surface area contributed by atoms with Crippen molar-refractivity contribution in [2.45, 2.75) is 12.5 Å². The number of quaternary nitrogens is 1. The maximum atomic E-state index is 13.6. The van der Waals surface area contributed by atoms with Crippen molar-refractivity contribution in [3.05, 3.63) is 29.6 Å². The molecule has 1 aromatic rings. The minimum atomic E-state index is -1.04. The van der Waals surface area contributed by atoms with Gasteiger partial charge < -0.3 is 28.0 Å². The Morgan fingerprint density at radius 2 is 2.25 bits per heavy atom. The fraction of sp³-hybridized carbons (Fsp3) is 0.300. The van der Waals surface area contributed by atoms with Crippen LogP contribution in [0.2, 0.25) is 0 Å². The van der Waals surface area contributed by atoms with Crippen molar-refractivity contribution < 1.29 is 37.2 Å². The molecular formula is C10H13ClFNO3. The lowest BCUT2D eigenvalue weighted by atomic mass is 10.1. The zero-order valence-electron chi connectivity index (χ0n) is 8.74. The molecule has 0 aliphatic rings. The zero-order chi connectivity index (χ0) is 11.4. The van der Waals surface area contributed by atoms with Crippen molar-refractivity contribution in [2.24, 2.45) is 0 Å². The van der Waals surface area contributed by atoms with Gasteiger partial charge in [-0.15, -0.1) is 0 Å². The molecule has 0 bridgehead atoms. The summed E-state index contributed by atoms with van der Waals surface area (Å²) < 4.78 is 18.3. The number of hydrogen-bond donors (Lipinski definition) is 2. The van der Waals surface area contributed by atoms with Gasteiger partial charge in [0.2, 0.25) is 0 Å². The van der Waals surface area contributed by atoms with Gasteiger partial charge in [0.25, 0.3) is 0 Å². The molecule has 0 saturated carbocycles. The second-order valence-corrected chi connectivity index (χ2v) is 3.17. The van der Waals surface area contributed by atoms with Gasteiger partial charge in [-0.1, -0.05) is 12.1 Å². The van der Waals surface area contributed by atoms with E-state index in [1.807, 2.05) is 0 Å². The van der Waals surface area contributed by atoms with Gasteiger partial charge in [0.1, 0.15) is 0 Å². The van der Waals surface area contributed by atoms with E-state index in [1.165, 1.54) is 19.2 Å². The van der Waals surface area contributed by atoms with Crippen molar-refractivity contribution in [2.75, 3.05) is 7.11 Å². The summed E-state index contributed by atoms with van der Waals surface area (Å²) in [6.45, 7) is 0. The van der Waals surface area contributed by atoms with E-state index in [0.29, 0.717) is 5.56 Å². The van der Waals surface area contributed by atoms with Gasteiger partial charge in [0.05, 0.1) is 7.11 Å². The van der Waals surface area contributed by atoms with Crippen LogP contribution in [0.5, 0.6) is 5.75 Å². The Hall–Kier alpha value is -1.33. The Morgan fingerprint density at radius 1 is 1.62 bits per heavy atom. The van der Waals surface area contributed by atoms with E-state index < -0.39 is 17.8 Å². The van der Waals surface area contributed by atoms with Crippen LogP contribution >= 0.6 is 0 Å². The zero-order valence-corrected chi connectivity index (χ0v) is 9.50. The van der Waals surface area contributed by atoms with Crippen LogP contribution in [0, 0.1) is 5.82 Å². The Labute approximate surface area is 98.6 Å². The Bertz CT molecular complexity index is 373. The van der Waals surface area contributed by atoms with E-state index in [1.54, 1.807) is 6.07 Å². The van der Waals surface area contributed by atoms with Crippen molar-refractivity contribution in [1.29, 1.82) is 0 Å². The number of carboxylic acids is 1. The molecule has 0 aliphatic heterocycles.